The zero-order chi connectivity index (χ0) is 26.1. The maximum absolute atomic E-state index is 13.3. The molecule has 0 radical (unpaired) electrons. The Bertz CT molecular complexity index is 1050. The van der Waals surface area contributed by atoms with Crippen molar-refractivity contribution in [1.82, 2.24) is 15.5 Å². The number of amides is 3. The topological polar surface area (TPSA) is 115 Å². The molecule has 194 valence electrons. The van der Waals surface area contributed by atoms with Gasteiger partial charge in [0.15, 0.2) is 11.5 Å². The highest BCUT2D eigenvalue weighted by Gasteiger charge is 2.35. The van der Waals surface area contributed by atoms with E-state index in [1.165, 1.54) is 21.3 Å². The molecule has 1 atom stereocenters. The first-order valence-corrected chi connectivity index (χ1v) is 11.7. The van der Waals surface area contributed by atoms with E-state index in [4.69, 9.17) is 18.9 Å². The van der Waals surface area contributed by atoms with Gasteiger partial charge in [0.25, 0.3) is 11.8 Å². The Balaban J connectivity index is 1.52. The molecule has 2 aromatic rings. The number of likely N-dealkylation sites (tertiary alicyclic amines) is 1. The van der Waals surface area contributed by atoms with Crippen LogP contribution in [0, 0.1) is 0 Å². The highest BCUT2D eigenvalue weighted by Crippen LogP contribution is 2.38. The van der Waals surface area contributed by atoms with Gasteiger partial charge in [0.2, 0.25) is 11.7 Å². The van der Waals surface area contributed by atoms with Crippen LogP contribution in [-0.2, 0) is 4.79 Å². The maximum Gasteiger partial charge on any atom is 0.254 e. The number of methoxy groups -OCH3 is 4. The van der Waals surface area contributed by atoms with Crippen LogP contribution >= 0.6 is 0 Å². The van der Waals surface area contributed by atoms with E-state index in [1.54, 1.807) is 48.4 Å². The summed E-state index contributed by atoms with van der Waals surface area (Å²) >= 11 is 0. The Morgan fingerprint density at radius 1 is 0.861 bits per heavy atom. The number of benzene rings is 2. The molecule has 1 aliphatic heterocycles. The van der Waals surface area contributed by atoms with Crippen LogP contribution in [0.1, 0.15) is 40.0 Å². The van der Waals surface area contributed by atoms with Crippen LogP contribution in [0.5, 0.6) is 23.0 Å². The summed E-state index contributed by atoms with van der Waals surface area (Å²) in [4.78, 5) is 39.9. The lowest BCUT2D eigenvalue weighted by molar-refractivity contribution is -0.124. The molecule has 3 rings (SSSR count). The Morgan fingerprint density at radius 3 is 2.08 bits per heavy atom. The number of carbonyl (C=O) groups excluding carboxylic acids is 3. The van der Waals surface area contributed by atoms with Gasteiger partial charge in [-0.15, -0.1) is 0 Å². The molecule has 1 aliphatic rings. The highest BCUT2D eigenvalue weighted by molar-refractivity contribution is 5.99. The van der Waals surface area contributed by atoms with Gasteiger partial charge in [-0.3, -0.25) is 14.4 Å². The summed E-state index contributed by atoms with van der Waals surface area (Å²) in [5, 5.41) is 5.71. The number of rotatable bonds is 11. The minimum Gasteiger partial charge on any atom is -0.497 e. The summed E-state index contributed by atoms with van der Waals surface area (Å²) in [5.41, 5.74) is 0.886. The fourth-order valence-corrected chi connectivity index (χ4v) is 4.12. The van der Waals surface area contributed by atoms with Crippen LogP contribution in [0.25, 0.3) is 0 Å². The van der Waals surface area contributed by atoms with Crippen LogP contribution in [0.3, 0.4) is 0 Å². The lowest BCUT2D eigenvalue weighted by Gasteiger charge is -2.25. The number of hydrogen-bond acceptors (Lipinski definition) is 7. The molecule has 1 heterocycles. The van der Waals surface area contributed by atoms with E-state index in [-0.39, 0.29) is 17.7 Å². The first-order chi connectivity index (χ1) is 17.4. The van der Waals surface area contributed by atoms with E-state index in [0.717, 1.165) is 6.42 Å². The summed E-state index contributed by atoms with van der Waals surface area (Å²) in [6, 6.07) is 9.44. The zero-order valence-electron chi connectivity index (χ0n) is 21.1. The van der Waals surface area contributed by atoms with Crippen LogP contribution in [-0.4, -0.2) is 76.7 Å². The molecule has 0 aliphatic carbocycles. The Morgan fingerprint density at radius 2 is 1.50 bits per heavy atom. The normalized spacial score (nSPS) is 14.7. The predicted molar refractivity (Wildman–Crippen MR) is 133 cm³/mol. The minimum absolute atomic E-state index is 0.193. The highest BCUT2D eigenvalue weighted by atomic mass is 16.5. The summed E-state index contributed by atoms with van der Waals surface area (Å²) in [7, 11) is 6.03. The molecule has 1 saturated heterocycles. The molecule has 10 heteroatoms. The fourth-order valence-electron chi connectivity index (χ4n) is 4.12. The van der Waals surface area contributed by atoms with Crippen molar-refractivity contribution in [3.05, 3.63) is 47.5 Å². The number of carbonyl (C=O) groups is 3. The molecule has 36 heavy (non-hydrogen) atoms. The molecular weight excluding hydrogens is 466 g/mol. The van der Waals surface area contributed by atoms with Crippen molar-refractivity contribution in [2.24, 2.45) is 0 Å². The minimum atomic E-state index is -0.564. The number of nitrogens with zero attached hydrogens (tertiary/aromatic N) is 1. The van der Waals surface area contributed by atoms with Gasteiger partial charge in [-0.2, -0.15) is 0 Å². The van der Waals surface area contributed by atoms with Crippen LogP contribution in [0.4, 0.5) is 0 Å². The average Bonchev–Trinajstić information content (AvgIpc) is 3.41. The second-order valence-electron chi connectivity index (χ2n) is 8.20. The monoisotopic (exact) mass is 499 g/mol. The lowest BCUT2D eigenvalue weighted by atomic mass is 10.1. The van der Waals surface area contributed by atoms with E-state index in [9.17, 15) is 14.4 Å². The van der Waals surface area contributed by atoms with Crippen LogP contribution in [0.2, 0.25) is 0 Å². The molecule has 0 spiro atoms. The van der Waals surface area contributed by atoms with Gasteiger partial charge in [-0.05, 0) is 55.7 Å². The van der Waals surface area contributed by atoms with Gasteiger partial charge in [-0.1, -0.05) is 0 Å². The molecule has 0 aromatic heterocycles. The number of ether oxygens (including phenoxy) is 4. The fraction of sp³-hybridized carbons (Fsp3) is 0.423. The summed E-state index contributed by atoms with van der Waals surface area (Å²) in [6.07, 6.45) is 1.86. The quantitative estimate of drug-likeness (QED) is 0.456. The molecule has 10 nitrogen and oxygen atoms in total. The molecule has 0 saturated carbocycles. The third-order valence-electron chi connectivity index (χ3n) is 6.02. The average molecular weight is 500 g/mol. The molecule has 3 amide bonds. The summed E-state index contributed by atoms with van der Waals surface area (Å²) < 4.78 is 21.1. The Hall–Kier alpha value is -3.95. The van der Waals surface area contributed by atoms with E-state index in [2.05, 4.69) is 10.6 Å². The summed E-state index contributed by atoms with van der Waals surface area (Å²) in [5.74, 6) is 1.13. The van der Waals surface area contributed by atoms with Gasteiger partial charge < -0.3 is 34.5 Å². The van der Waals surface area contributed by atoms with Gasteiger partial charge >= 0.3 is 0 Å². The standard InChI is InChI=1S/C26H33N3O7/c1-33-19-10-8-17(9-11-19)24(30)27-12-6-13-28-25(31)20-7-5-14-29(20)26(32)18-15-21(34-2)23(36-4)22(16-18)35-3/h8-11,15-16,20H,5-7,12-14H2,1-4H3,(H,27,30)(H,28,31)/t20-/m0/s1. The largest absolute Gasteiger partial charge is 0.497 e. The van der Waals surface area contributed by atoms with E-state index in [1.807, 2.05) is 0 Å². The van der Waals surface area contributed by atoms with Crippen molar-refractivity contribution in [1.29, 1.82) is 0 Å². The SMILES string of the molecule is COc1ccc(C(=O)NCCCNC(=O)[C@@H]2CCCN2C(=O)c2cc(OC)c(OC)c(OC)c2)cc1. The lowest BCUT2D eigenvalue weighted by Crippen LogP contribution is -2.46. The zero-order valence-corrected chi connectivity index (χ0v) is 21.1. The molecule has 1 fully saturated rings. The molecule has 0 bridgehead atoms. The second kappa shape index (κ2) is 12.7. The molecule has 2 aromatic carbocycles. The second-order valence-corrected chi connectivity index (χ2v) is 8.20. The van der Waals surface area contributed by atoms with Crippen molar-refractivity contribution < 1.29 is 33.3 Å². The Kier molecular flexibility index (Phi) is 9.38. The predicted octanol–water partition coefficient (Wildman–Crippen LogP) is 2.26. The Labute approximate surface area is 210 Å². The maximum atomic E-state index is 13.3. The first kappa shape index (κ1) is 26.7. The van der Waals surface area contributed by atoms with Gasteiger partial charge in [0.05, 0.1) is 28.4 Å². The third-order valence-corrected chi connectivity index (χ3v) is 6.02. The van der Waals surface area contributed by atoms with E-state index in [0.29, 0.717) is 66.6 Å². The van der Waals surface area contributed by atoms with Crippen LogP contribution in [0.15, 0.2) is 36.4 Å². The van der Waals surface area contributed by atoms with Crippen LogP contribution < -0.4 is 29.6 Å². The van der Waals surface area contributed by atoms with Gasteiger partial charge in [-0.25, -0.2) is 0 Å². The van der Waals surface area contributed by atoms with E-state index < -0.39 is 6.04 Å². The molecular formula is C26H33N3O7. The van der Waals surface area contributed by atoms with Crippen molar-refractivity contribution >= 4 is 17.7 Å². The summed E-state index contributed by atoms with van der Waals surface area (Å²) in [6.45, 7) is 1.26. The smallest absolute Gasteiger partial charge is 0.254 e. The molecule has 0 unspecified atom stereocenters. The van der Waals surface area contributed by atoms with E-state index >= 15 is 0 Å². The van der Waals surface area contributed by atoms with Crippen molar-refractivity contribution in [2.45, 2.75) is 25.3 Å². The van der Waals surface area contributed by atoms with Crippen molar-refractivity contribution in [3.8, 4) is 23.0 Å². The number of hydrogen-bond donors (Lipinski definition) is 2. The van der Waals surface area contributed by atoms with Crippen molar-refractivity contribution in [2.75, 3.05) is 48.1 Å². The van der Waals surface area contributed by atoms with Gasteiger partial charge in [0, 0.05) is 30.8 Å². The molecule has 2 N–H and O–H groups in total. The van der Waals surface area contributed by atoms with Crippen molar-refractivity contribution in [3.63, 3.8) is 0 Å². The number of nitrogens with one attached hydrogen (secondary N) is 2. The van der Waals surface area contributed by atoms with Gasteiger partial charge in [0.1, 0.15) is 11.8 Å². The first-order valence-electron chi connectivity index (χ1n) is 11.7. The third kappa shape index (κ3) is 6.18.